The van der Waals surface area contributed by atoms with Gasteiger partial charge in [0.05, 0.1) is 25.0 Å². The molecule has 1 unspecified atom stereocenters. The summed E-state index contributed by atoms with van der Waals surface area (Å²) in [5.74, 6) is -0.171. The summed E-state index contributed by atoms with van der Waals surface area (Å²) in [7, 11) is 1.28. The van der Waals surface area contributed by atoms with Gasteiger partial charge in [0.25, 0.3) is 0 Å². The molecule has 0 spiro atoms. The Labute approximate surface area is 101 Å². The van der Waals surface area contributed by atoms with Gasteiger partial charge in [-0.1, -0.05) is 13.3 Å². The largest absolute Gasteiger partial charge is 0.493 e. The number of unbranched alkanes of at least 4 members (excludes halogenated alkanes) is 1. The van der Waals surface area contributed by atoms with Gasteiger partial charge in [0, 0.05) is 6.20 Å². The number of methoxy groups -OCH3 is 1. The SMILES string of the molecule is CCCCOC1=C(C)NC=C(C(=O)OC)C1O. The van der Waals surface area contributed by atoms with Crippen LogP contribution in [0.1, 0.15) is 26.7 Å². The molecular weight excluding hydrogens is 222 g/mol. The van der Waals surface area contributed by atoms with Crippen LogP contribution in [-0.4, -0.2) is 30.9 Å². The van der Waals surface area contributed by atoms with Crippen LogP contribution in [0.4, 0.5) is 0 Å². The lowest BCUT2D eigenvalue weighted by atomic mass is 10.1. The van der Waals surface area contributed by atoms with E-state index in [1.165, 1.54) is 13.3 Å². The second-order valence-electron chi connectivity index (χ2n) is 3.83. The lowest BCUT2D eigenvalue weighted by Gasteiger charge is -2.24. The number of aliphatic hydroxyl groups is 1. The van der Waals surface area contributed by atoms with Crippen LogP contribution < -0.4 is 5.32 Å². The highest BCUT2D eigenvalue weighted by molar-refractivity contribution is 5.90. The van der Waals surface area contributed by atoms with Crippen molar-refractivity contribution in [3.05, 3.63) is 23.2 Å². The standard InChI is InChI=1S/C12H19NO4/c1-4-5-6-17-11-8(2)13-7-9(10(11)14)12(15)16-3/h7,10,13-14H,4-6H2,1-3H3. The van der Waals surface area contributed by atoms with Crippen molar-refractivity contribution in [3.63, 3.8) is 0 Å². The van der Waals surface area contributed by atoms with E-state index >= 15 is 0 Å². The number of allylic oxidation sites excluding steroid dienone is 1. The minimum Gasteiger partial charge on any atom is -0.493 e. The van der Waals surface area contributed by atoms with Crippen LogP contribution in [0.15, 0.2) is 23.2 Å². The molecule has 1 rings (SSSR count). The molecule has 96 valence electrons. The summed E-state index contributed by atoms with van der Waals surface area (Å²) in [4.78, 5) is 11.4. The third-order valence-corrected chi connectivity index (χ3v) is 2.53. The molecule has 0 saturated heterocycles. The predicted molar refractivity (Wildman–Crippen MR) is 62.8 cm³/mol. The van der Waals surface area contributed by atoms with Crippen molar-refractivity contribution in [2.24, 2.45) is 0 Å². The fourth-order valence-corrected chi connectivity index (χ4v) is 1.48. The van der Waals surface area contributed by atoms with E-state index in [9.17, 15) is 9.90 Å². The van der Waals surface area contributed by atoms with Crippen LogP contribution in [0.3, 0.4) is 0 Å². The van der Waals surface area contributed by atoms with Crippen molar-refractivity contribution in [3.8, 4) is 0 Å². The van der Waals surface area contributed by atoms with Gasteiger partial charge in [0.2, 0.25) is 0 Å². The number of hydrogen-bond donors (Lipinski definition) is 2. The zero-order valence-electron chi connectivity index (χ0n) is 10.4. The number of carbonyl (C=O) groups excluding carboxylic acids is 1. The van der Waals surface area contributed by atoms with Crippen molar-refractivity contribution in [2.45, 2.75) is 32.8 Å². The Bertz CT molecular complexity index is 346. The third-order valence-electron chi connectivity index (χ3n) is 2.53. The predicted octanol–water partition coefficient (Wildman–Crippen LogP) is 1.06. The first kappa shape index (κ1) is 13.6. The van der Waals surface area contributed by atoms with Crippen molar-refractivity contribution in [1.29, 1.82) is 0 Å². The molecular formula is C12H19NO4. The first-order valence-corrected chi connectivity index (χ1v) is 5.68. The van der Waals surface area contributed by atoms with E-state index in [0.717, 1.165) is 12.8 Å². The summed E-state index contributed by atoms with van der Waals surface area (Å²) in [6.45, 7) is 4.37. The van der Waals surface area contributed by atoms with Crippen LogP contribution in [0, 0.1) is 0 Å². The Morgan fingerprint density at radius 3 is 2.88 bits per heavy atom. The number of rotatable bonds is 5. The second kappa shape index (κ2) is 6.30. The average Bonchev–Trinajstić information content (AvgIpc) is 2.32. The minimum atomic E-state index is -1.06. The summed E-state index contributed by atoms with van der Waals surface area (Å²) in [5, 5.41) is 12.9. The lowest BCUT2D eigenvalue weighted by Crippen LogP contribution is -2.31. The van der Waals surface area contributed by atoms with E-state index in [1.54, 1.807) is 6.92 Å². The number of aliphatic hydroxyl groups excluding tert-OH is 1. The second-order valence-corrected chi connectivity index (χ2v) is 3.83. The van der Waals surface area contributed by atoms with Crippen LogP contribution in [0.25, 0.3) is 0 Å². The summed E-state index contributed by atoms with van der Waals surface area (Å²) >= 11 is 0. The minimum absolute atomic E-state index is 0.157. The molecule has 0 radical (unpaired) electrons. The van der Waals surface area contributed by atoms with Gasteiger partial charge < -0.3 is 19.9 Å². The molecule has 0 amide bonds. The maximum absolute atomic E-state index is 11.4. The summed E-state index contributed by atoms with van der Waals surface area (Å²) in [6.07, 6.45) is 2.30. The Balaban J connectivity index is 2.72. The van der Waals surface area contributed by atoms with Crippen molar-refractivity contribution < 1.29 is 19.4 Å². The number of hydrogen-bond acceptors (Lipinski definition) is 5. The molecule has 1 aliphatic heterocycles. The van der Waals surface area contributed by atoms with Gasteiger partial charge in [-0.2, -0.15) is 0 Å². The average molecular weight is 241 g/mol. The smallest absolute Gasteiger partial charge is 0.338 e. The van der Waals surface area contributed by atoms with Crippen LogP contribution in [-0.2, 0) is 14.3 Å². The van der Waals surface area contributed by atoms with E-state index in [4.69, 9.17) is 4.74 Å². The third kappa shape index (κ3) is 3.23. The zero-order valence-corrected chi connectivity index (χ0v) is 10.4. The quantitative estimate of drug-likeness (QED) is 0.556. The summed E-state index contributed by atoms with van der Waals surface area (Å²) in [6, 6.07) is 0. The van der Waals surface area contributed by atoms with E-state index in [0.29, 0.717) is 18.1 Å². The highest BCUT2D eigenvalue weighted by atomic mass is 16.5. The number of dihydropyridines is 1. The Morgan fingerprint density at radius 2 is 2.29 bits per heavy atom. The van der Waals surface area contributed by atoms with Crippen LogP contribution in [0.5, 0.6) is 0 Å². The van der Waals surface area contributed by atoms with E-state index in [2.05, 4.69) is 17.0 Å². The van der Waals surface area contributed by atoms with Crippen molar-refractivity contribution in [1.82, 2.24) is 5.32 Å². The zero-order chi connectivity index (χ0) is 12.8. The molecule has 1 aliphatic rings. The fourth-order valence-electron chi connectivity index (χ4n) is 1.48. The number of nitrogens with one attached hydrogen (secondary N) is 1. The molecule has 0 fully saturated rings. The summed E-state index contributed by atoms with van der Waals surface area (Å²) < 4.78 is 10.1. The Morgan fingerprint density at radius 1 is 1.59 bits per heavy atom. The monoisotopic (exact) mass is 241 g/mol. The molecule has 5 nitrogen and oxygen atoms in total. The molecule has 1 heterocycles. The van der Waals surface area contributed by atoms with E-state index < -0.39 is 12.1 Å². The van der Waals surface area contributed by atoms with Gasteiger partial charge in [-0.3, -0.25) is 0 Å². The normalized spacial score (nSPS) is 19.5. The topological polar surface area (TPSA) is 67.8 Å². The molecule has 0 bridgehead atoms. The van der Waals surface area contributed by atoms with Crippen molar-refractivity contribution in [2.75, 3.05) is 13.7 Å². The highest BCUT2D eigenvalue weighted by Gasteiger charge is 2.29. The van der Waals surface area contributed by atoms with Gasteiger partial charge in [0.15, 0.2) is 0 Å². The molecule has 0 saturated carbocycles. The lowest BCUT2D eigenvalue weighted by molar-refractivity contribution is -0.137. The van der Waals surface area contributed by atoms with Gasteiger partial charge >= 0.3 is 5.97 Å². The maximum atomic E-state index is 11.4. The molecule has 5 heteroatoms. The molecule has 2 N–H and O–H groups in total. The first-order valence-electron chi connectivity index (χ1n) is 5.68. The Hall–Kier alpha value is -1.49. The van der Waals surface area contributed by atoms with Crippen molar-refractivity contribution >= 4 is 5.97 Å². The Kier molecular flexibility index (Phi) is 5.03. The number of esters is 1. The molecule has 1 atom stereocenters. The van der Waals surface area contributed by atoms with Crippen LogP contribution in [0.2, 0.25) is 0 Å². The molecule has 0 aromatic carbocycles. The molecule has 0 aromatic rings. The highest BCUT2D eigenvalue weighted by Crippen LogP contribution is 2.21. The molecule has 17 heavy (non-hydrogen) atoms. The van der Waals surface area contributed by atoms with Gasteiger partial charge in [-0.25, -0.2) is 4.79 Å². The van der Waals surface area contributed by atoms with Crippen LogP contribution >= 0.6 is 0 Å². The summed E-state index contributed by atoms with van der Waals surface area (Å²) in [5.41, 5.74) is 0.867. The van der Waals surface area contributed by atoms with Gasteiger partial charge in [-0.05, 0) is 13.3 Å². The number of ether oxygens (including phenoxy) is 2. The first-order chi connectivity index (χ1) is 8.11. The molecule has 0 aromatic heterocycles. The molecule has 0 aliphatic carbocycles. The number of carbonyl (C=O) groups is 1. The van der Waals surface area contributed by atoms with Gasteiger partial charge in [-0.15, -0.1) is 0 Å². The fraction of sp³-hybridized carbons (Fsp3) is 0.583. The van der Waals surface area contributed by atoms with E-state index in [1.807, 2.05) is 0 Å². The van der Waals surface area contributed by atoms with Gasteiger partial charge in [0.1, 0.15) is 11.9 Å². The van der Waals surface area contributed by atoms with E-state index in [-0.39, 0.29) is 5.57 Å². The maximum Gasteiger partial charge on any atom is 0.338 e.